The van der Waals surface area contributed by atoms with Crippen LogP contribution in [0.25, 0.3) is 11.0 Å². The molecule has 1 amide bonds. The summed E-state index contributed by atoms with van der Waals surface area (Å²) in [4.78, 5) is 24.5. The van der Waals surface area contributed by atoms with E-state index < -0.39 is 59.8 Å². The molecule has 2 aromatic rings. The molecule has 42 heavy (non-hydrogen) atoms. The van der Waals surface area contributed by atoms with Crippen LogP contribution in [0.3, 0.4) is 0 Å². The summed E-state index contributed by atoms with van der Waals surface area (Å²) in [6.45, 7) is 9.42. The number of carbonyl (C=O) groups excluding carboxylic acids is 1. The first kappa shape index (κ1) is 29.9. The van der Waals surface area contributed by atoms with Gasteiger partial charge in [-0.05, 0) is 66.4 Å². The molecule has 0 N–H and O–H groups in total. The molecule has 10 nitrogen and oxygen atoms in total. The van der Waals surface area contributed by atoms with E-state index in [0.717, 1.165) is 0 Å². The minimum Gasteiger partial charge on any atom is -0.444 e. The molecule has 0 bridgehead atoms. The van der Waals surface area contributed by atoms with Gasteiger partial charge < -0.3 is 28.4 Å². The van der Waals surface area contributed by atoms with Gasteiger partial charge in [0.2, 0.25) is 0 Å². The number of hydrogen-bond donors (Lipinski definition) is 0. The van der Waals surface area contributed by atoms with Gasteiger partial charge in [0.15, 0.2) is 12.0 Å². The van der Waals surface area contributed by atoms with E-state index in [1.807, 2.05) is 0 Å². The molecule has 2 unspecified atom stereocenters. The molecule has 4 aliphatic heterocycles. The fourth-order valence-corrected chi connectivity index (χ4v) is 7.29. The standard InChI is InChI=1S/C28H37ClF3N5O5/c1-25(2,3)42-24(38)35-11-6-9-27(14-35)10-7-18(28(30,31)32)37(27)13-17-19-20(41-26(4,5)40-19)23(39-17)36-12-8-16-21(29)33-15-34-22(16)36/h8,12,15,17-20,23H,6-7,9-11,13-14H2,1-5H3/t17-,18?,19-,20-,23-,27?/m1/s1. The molecule has 0 aromatic carbocycles. The van der Waals surface area contributed by atoms with E-state index in [4.69, 9.17) is 30.5 Å². The van der Waals surface area contributed by atoms with Crippen molar-refractivity contribution in [2.45, 2.75) is 114 Å². The molecule has 1 spiro atoms. The van der Waals surface area contributed by atoms with Crippen molar-refractivity contribution >= 4 is 28.7 Å². The highest BCUT2D eigenvalue weighted by Gasteiger charge is 2.61. The van der Waals surface area contributed by atoms with Crippen molar-refractivity contribution in [2.24, 2.45) is 0 Å². The lowest BCUT2D eigenvalue weighted by Gasteiger charge is -2.48. The maximum absolute atomic E-state index is 14.5. The van der Waals surface area contributed by atoms with Crippen molar-refractivity contribution < 1.29 is 36.9 Å². The molecule has 2 aromatic heterocycles. The second-order valence-electron chi connectivity index (χ2n) is 13.2. The van der Waals surface area contributed by atoms with Crippen molar-refractivity contribution in [2.75, 3.05) is 19.6 Å². The van der Waals surface area contributed by atoms with Gasteiger partial charge >= 0.3 is 12.3 Å². The highest BCUT2D eigenvalue weighted by Crippen LogP contribution is 2.49. The Morgan fingerprint density at radius 2 is 1.90 bits per heavy atom. The quantitative estimate of drug-likeness (QED) is 0.430. The number of rotatable bonds is 3. The third kappa shape index (κ3) is 5.36. The normalized spacial score (nSPS) is 33.5. The van der Waals surface area contributed by atoms with Crippen molar-refractivity contribution in [3.05, 3.63) is 23.7 Å². The van der Waals surface area contributed by atoms with Gasteiger partial charge in [-0.1, -0.05) is 11.6 Å². The number of amides is 1. The number of alkyl halides is 3. The summed E-state index contributed by atoms with van der Waals surface area (Å²) in [5, 5.41) is 0.911. The van der Waals surface area contributed by atoms with Crippen LogP contribution in [0.2, 0.25) is 5.15 Å². The smallest absolute Gasteiger partial charge is 0.410 e. The Morgan fingerprint density at radius 1 is 1.17 bits per heavy atom. The van der Waals surface area contributed by atoms with E-state index in [1.54, 1.807) is 56.3 Å². The summed E-state index contributed by atoms with van der Waals surface area (Å²) in [6.07, 6.45) is -3.17. The van der Waals surface area contributed by atoms with Crippen molar-refractivity contribution in [1.29, 1.82) is 0 Å². The summed E-state index contributed by atoms with van der Waals surface area (Å²) in [7, 11) is 0. The monoisotopic (exact) mass is 615 g/mol. The molecule has 0 aliphatic carbocycles. The van der Waals surface area contributed by atoms with E-state index in [-0.39, 0.29) is 24.7 Å². The van der Waals surface area contributed by atoms with Crippen LogP contribution in [0.4, 0.5) is 18.0 Å². The lowest BCUT2D eigenvalue weighted by molar-refractivity contribution is -0.212. The van der Waals surface area contributed by atoms with Gasteiger partial charge in [0.25, 0.3) is 0 Å². The first-order chi connectivity index (χ1) is 19.6. The molecule has 4 saturated heterocycles. The van der Waals surface area contributed by atoms with Crippen LogP contribution in [0.1, 0.15) is 66.5 Å². The number of nitrogens with zero attached hydrogens (tertiary/aromatic N) is 5. The van der Waals surface area contributed by atoms with Crippen LogP contribution >= 0.6 is 11.6 Å². The molecule has 0 saturated carbocycles. The van der Waals surface area contributed by atoms with Crippen LogP contribution in [-0.4, -0.2) is 97.5 Å². The third-order valence-corrected chi connectivity index (χ3v) is 8.99. The molecule has 4 aliphatic rings. The van der Waals surface area contributed by atoms with Crippen LogP contribution in [0.5, 0.6) is 0 Å². The Balaban J connectivity index is 1.31. The second kappa shape index (κ2) is 10.2. The molecule has 6 heterocycles. The number of aromatic nitrogens is 3. The summed E-state index contributed by atoms with van der Waals surface area (Å²) >= 11 is 6.28. The van der Waals surface area contributed by atoms with Crippen molar-refractivity contribution in [3.63, 3.8) is 0 Å². The number of carbonyl (C=O) groups is 1. The molecule has 4 fully saturated rings. The average molecular weight is 616 g/mol. The Bertz CT molecular complexity index is 1350. The second-order valence-corrected chi connectivity index (χ2v) is 13.6. The van der Waals surface area contributed by atoms with Gasteiger partial charge in [-0.3, -0.25) is 4.90 Å². The van der Waals surface area contributed by atoms with E-state index in [1.165, 1.54) is 11.2 Å². The zero-order chi connectivity index (χ0) is 30.2. The first-order valence-electron chi connectivity index (χ1n) is 14.4. The Hall–Kier alpha value is -2.19. The summed E-state index contributed by atoms with van der Waals surface area (Å²) in [5.41, 5.74) is -1.06. The fourth-order valence-electron chi connectivity index (χ4n) is 7.10. The lowest BCUT2D eigenvalue weighted by Crippen LogP contribution is -2.62. The molecule has 14 heteroatoms. The van der Waals surface area contributed by atoms with E-state index in [2.05, 4.69) is 9.97 Å². The Morgan fingerprint density at radius 3 is 2.62 bits per heavy atom. The molecular weight excluding hydrogens is 579 g/mol. The largest absolute Gasteiger partial charge is 0.444 e. The number of ether oxygens (including phenoxy) is 4. The fraction of sp³-hybridized carbons (Fsp3) is 0.750. The predicted octanol–water partition coefficient (Wildman–Crippen LogP) is 5.30. The average Bonchev–Trinajstić information content (AvgIpc) is 3.60. The maximum Gasteiger partial charge on any atom is 0.410 e. The SMILES string of the molecule is CC(C)(C)OC(=O)N1CCCC2(CCC(C(F)(F)F)N2C[C@H]2O[C@@H](n3ccc4c(Cl)ncnc43)[C@@H]3OC(C)(C)O[C@@H]32)C1. The summed E-state index contributed by atoms with van der Waals surface area (Å²) < 4.78 is 70.0. The predicted molar refractivity (Wildman–Crippen MR) is 146 cm³/mol. The van der Waals surface area contributed by atoms with Gasteiger partial charge in [0, 0.05) is 31.4 Å². The van der Waals surface area contributed by atoms with E-state index in [0.29, 0.717) is 36.8 Å². The lowest BCUT2D eigenvalue weighted by atomic mass is 9.86. The zero-order valence-electron chi connectivity index (χ0n) is 24.4. The van der Waals surface area contributed by atoms with Gasteiger partial charge in [-0.15, -0.1) is 0 Å². The summed E-state index contributed by atoms with van der Waals surface area (Å²) in [5.74, 6) is -0.963. The van der Waals surface area contributed by atoms with Gasteiger partial charge in [0.05, 0.1) is 5.39 Å². The van der Waals surface area contributed by atoms with Crippen LogP contribution in [-0.2, 0) is 18.9 Å². The molecular formula is C28H37ClF3N5O5. The number of hydrogen-bond acceptors (Lipinski definition) is 8. The first-order valence-corrected chi connectivity index (χ1v) is 14.7. The third-order valence-electron chi connectivity index (χ3n) is 8.69. The molecule has 232 valence electrons. The number of halogens is 4. The van der Waals surface area contributed by atoms with Gasteiger partial charge in [0.1, 0.15) is 47.1 Å². The molecule has 6 rings (SSSR count). The van der Waals surface area contributed by atoms with Gasteiger partial charge in [-0.2, -0.15) is 13.2 Å². The van der Waals surface area contributed by atoms with Crippen LogP contribution < -0.4 is 0 Å². The zero-order valence-corrected chi connectivity index (χ0v) is 25.1. The van der Waals surface area contributed by atoms with E-state index in [9.17, 15) is 18.0 Å². The number of fused-ring (bicyclic) bond motifs is 2. The molecule has 0 radical (unpaired) electrons. The van der Waals surface area contributed by atoms with E-state index >= 15 is 0 Å². The van der Waals surface area contributed by atoms with Crippen molar-refractivity contribution in [3.8, 4) is 0 Å². The number of piperidine rings is 1. The minimum absolute atomic E-state index is 0.0433. The minimum atomic E-state index is -4.45. The van der Waals surface area contributed by atoms with Gasteiger partial charge in [-0.25, -0.2) is 14.8 Å². The van der Waals surface area contributed by atoms with Crippen LogP contribution in [0, 0.1) is 0 Å². The summed E-state index contributed by atoms with van der Waals surface area (Å²) in [6, 6.07) is 0.0960. The maximum atomic E-state index is 14.5. The number of likely N-dealkylation sites (tertiary alicyclic amines) is 2. The highest BCUT2D eigenvalue weighted by atomic mass is 35.5. The topological polar surface area (TPSA) is 91.2 Å². The molecule has 6 atom stereocenters. The van der Waals surface area contributed by atoms with Crippen molar-refractivity contribution in [1.82, 2.24) is 24.3 Å². The Kier molecular flexibility index (Phi) is 7.24. The van der Waals surface area contributed by atoms with Crippen LogP contribution in [0.15, 0.2) is 18.6 Å². The highest BCUT2D eigenvalue weighted by molar-refractivity contribution is 6.33. The Labute approximate surface area is 247 Å².